The molecule has 2 aromatic heterocycles. The van der Waals surface area contributed by atoms with E-state index in [0.717, 1.165) is 23.0 Å². The number of urea groups is 1. The van der Waals surface area contributed by atoms with Crippen LogP contribution in [0.2, 0.25) is 5.02 Å². The molecule has 2 aromatic carbocycles. The van der Waals surface area contributed by atoms with Crippen molar-refractivity contribution < 1.29 is 22.7 Å². The number of aromatic nitrogens is 2. The molecule has 0 radical (unpaired) electrons. The van der Waals surface area contributed by atoms with E-state index in [2.05, 4.69) is 20.4 Å². The van der Waals surface area contributed by atoms with Gasteiger partial charge < -0.3 is 15.4 Å². The molecular formula is C21H14ClF3N4O2. The van der Waals surface area contributed by atoms with Crippen LogP contribution in [0, 0.1) is 0 Å². The number of benzene rings is 2. The fourth-order valence-corrected chi connectivity index (χ4v) is 3.26. The zero-order chi connectivity index (χ0) is 22.0. The van der Waals surface area contributed by atoms with Gasteiger partial charge in [-0.3, -0.25) is 4.57 Å². The van der Waals surface area contributed by atoms with Crippen LogP contribution >= 0.6 is 11.6 Å². The molecule has 0 aliphatic rings. The van der Waals surface area contributed by atoms with Crippen LogP contribution in [-0.4, -0.2) is 21.9 Å². The number of fused-ring (bicyclic) bond motifs is 1. The van der Waals surface area contributed by atoms with E-state index in [0.29, 0.717) is 16.5 Å². The van der Waals surface area contributed by atoms with Crippen LogP contribution in [0.25, 0.3) is 16.7 Å². The molecular weight excluding hydrogens is 433 g/mol. The number of rotatable bonds is 4. The molecule has 0 fully saturated rings. The molecule has 158 valence electrons. The molecule has 31 heavy (non-hydrogen) atoms. The lowest BCUT2D eigenvalue weighted by Gasteiger charge is -2.13. The first-order valence-electron chi connectivity index (χ1n) is 8.95. The highest BCUT2D eigenvalue weighted by molar-refractivity contribution is 6.35. The Kier molecular flexibility index (Phi) is 5.43. The number of ether oxygens (including phenoxy) is 1. The highest BCUT2D eigenvalue weighted by Crippen LogP contribution is 2.29. The van der Waals surface area contributed by atoms with Gasteiger partial charge in [-0.25, -0.2) is 9.78 Å². The number of amides is 2. The van der Waals surface area contributed by atoms with Crippen LogP contribution in [0.3, 0.4) is 0 Å². The molecule has 2 heterocycles. The number of nitrogens with zero attached hydrogens (tertiary/aromatic N) is 2. The lowest BCUT2D eigenvalue weighted by Crippen LogP contribution is -2.21. The molecule has 4 rings (SSSR count). The van der Waals surface area contributed by atoms with Gasteiger partial charge in [0.2, 0.25) is 0 Å². The zero-order valence-electron chi connectivity index (χ0n) is 15.7. The maximum atomic E-state index is 12.4. The van der Waals surface area contributed by atoms with E-state index >= 15 is 0 Å². The summed E-state index contributed by atoms with van der Waals surface area (Å²) in [7, 11) is 0. The van der Waals surface area contributed by atoms with E-state index in [1.807, 2.05) is 18.2 Å². The normalized spacial score (nSPS) is 11.4. The summed E-state index contributed by atoms with van der Waals surface area (Å²) in [6, 6.07) is 14.9. The average molecular weight is 447 g/mol. The molecule has 6 nitrogen and oxygen atoms in total. The number of anilines is 2. The molecule has 2 amide bonds. The minimum Gasteiger partial charge on any atom is -0.406 e. The van der Waals surface area contributed by atoms with Crippen molar-refractivity contribution in [1.29, 1.82) is 0 Å². The zero-order valence-corrected chi connectivity index (χ0v) is 16.4. The van der Waals surface area contributed by atoms with Gasteiger partial charge in [-0.15, -0.1) is 13.2 Å². The van der Waals surface area contributed by atoms with Gasteiger partial charge >= 0.3 is 12.4 Å². The molecule has 0 saturated carbocycles. The van der Waals surface area contributed by atoms with Crippen molar-refractivity contribution in [2.75, 3.05) is 10.6 Å². The van der Waals surface area contributed by atoms with Gasteiger partial charge in [0.15, 0.2) is 5.82 Å². The largest absolute Gasteiger partial charge is 0.573 e. The molecule has 0 spiro atoms. The smallest absolute Gasteiger partial charge is 0.406 e. The lowest BCUT2D eigenvalue weighted by atomic mass is 10.2. The summed E-state index contributed by atoms with van der Waals surface area (Å²) in [6.07, 6.45) is -1.40. The van der Waals surface area contributed by atoms with Crippen LogP contribution < -0.4 is 15.4 Å². The Bertz CT molecular complexity index is 1240. The number of hydrogen-bond acceptors (Lipinski definition) is 3. The van der Waals surface area contributed by atoms with E-state index in [9.17, 15) is 18.0 Å². The number of nitrogens with one attached hydrogen (secondary N) is 2. The summed E-state index contributed by atoms with van der Waals surface area (Å²) in [5.74, 6) is 0.0926. The summed E-state index contributed by atoms with van der Waals surface area (Å²) >= 11 is 6.23. The Morgan fingerprint density at radius 1 is 1.00 bits per heavy atom. The van der Waals surface area contributed by atoms with Crippen molar-refractivity contribution in [3.63, 3.8) is 0 Å². The van der Waals surface area contributed by atoms with Gasteiger partial charge in [-0.2, -0.15) is 0 Å². The Labute approximate surface area is 179 Å². The summed E-state index contributed by atoms with van der Waals surface area (Å²) < 4.78 is 42.4. The third-order valence-corrected chi connectivity index (χ3v) is 4.62. The molecule has 10 heteroatoms. The Morgan fingerprint density at radius 3 is 2.52 bits per heavy atom. The predicted molar refractivity (Wildman–Crippen MR) is 112 cm³/mol. The quantitative estimate of drug-likeness (QED) is 0.391. The van der Waals surface area contributed by atoms with E-state index in [-0.39, 0.29) is 11.4 Å². The van der Waals surface area contributed by atoms with Crippen molar-refractivity contribution >= 4 is 39.9 Å². The van der Waals surface area contributed by atoms with Crippen LogP contribution in [-0.2, 0) is 0 Å². The second kappa shape index (κ2) is 8.19. The van der Waals surface area contributed by atoms with Gasteiger partial charge in [-0.1, -0.05) is 17.7 Å². The lowest BCUT2D eigenvalue weighted by molar-refractivity contribution is -0.274. The number of carbonyl (C=O) groups excluding carboxylic acids is 1. The first kappa shape index (κ1) is 20.5. The topological polar surface area (TPSA) is 68.2 Å². The standard InChI is InChI=1S/C21H14ClF3N4O2/c22-16-3-1-5-18-15(16)10-12-29(18)19-17(4-2-11-26-19)28-20(30)27-13-6-8-14(9-7-13)31-21(23,24)25/h1-12H,(H2,27,28,30). The van der Waals surface area contributed by atoms with Crippen LogP contribution in [0.4, 0.5) is 29.3 Å². The van der Waals surface area contributed by atoms with Gasteiger partial charge in [0.25, 0.3) is 0 Å². The van der Waals surface area contributed by atoms with Gasteiger partial charge in [0, 0.05) is 28.5 Å². The number of alkyl halides is 3. The monoisotopic (exact) mass is 446 g/mol. The van der Waals surface area contributed by atoms with E-state index in [4.69, 9.17) is 11.6 Å². The predicted octanol–water partition coefficient (Wildman–Crippen LogP) is 6.22. The first-order valence-corrected chi connectivity index (χ1v) is 9.33. The van der Waals surface area contributed by atoms with E-state index in [1.54, 1.807) is 35.2 Å². The van der Waals surface area contributed by atoms with E-state index in [1.165, 1.54) is 12.1 Å². The molecule has 2 N–H and O–H groups in total. The van der Waals surface area contributed by atoms with Crippen LogP contribution in [0.15, 0.2) is 73.1 Å². The summed E-state index contributed by atoms with van der Waals surface area (Å²) in [5, 5.41) is 6.69. The highest BCUT2D eigenvalue weighted by atomic mass is 35.5. The summed E-state index contributed by atoms with van der Waals surface area (Å²) in [5.41, 5.74) is 1.53. The molecule has 0 atom stereocenters. The Morgan fingerprint density at radius 2 is 1.77 bits per heavy atom. The van der Waals surface area contributed by atoms with Crippen LogP contribution in [0.5, 0.6) is 5.75 Å². The van der Waals surface area contributed by atoms with Gasteiger partial charge in [0.1, 0.15) is 5.75 Å². The number of pyridine rings is 1. The Hall–Kier alpha value is -3.72. The van der Waals surface area contributed by atoms with Crippen molar-refractivity contribution in [3.05, 3.63) is 78.1 Å². The Balaban J connectivity index is 1.53. The molecule has 4 aromatic rings. The molecule has 0 unspecified atom stereocenters. The third-order valence-electron chi connectivity index (χ3n) is 4.29. The molecule has 0 bridgehead atoms. The fourth-order valence-electron chi connectivity index (χ4n) is 3.03. The third kappa shape index (κ3) is 4.72. The molecule has 0 aliphatic carbocycles. The minimum absolute atomic E-state index is 0.288. The van der Waals surface area contributed by atoms with Crippen molar-refractivity contribution in [2.24, 2.45) is 0 Å². The summed E-state index contributed by atoms with van der Waals surface area (Å²) in [6.45, 7) is 0. The number of carbonyl (C=O) groups is 1. The number of halogens is 4. The van der Waals surface area contributed by atoms with Crippen LogP contribution in [0.1, 0.15) is 0 Å². The highest BCUT2D eigenvalue weighted by Gasteiger charge is 2.31. The van der Waals surface area contributed by atoms with E-state index < -0.39 is 12.4 Å². The first-order chi connectivity index (χ1) is 14.8. The van der Waals surface area contributed by atoms with Gasteiger partial charge in [-0.05, 0) is 54.6 Å². The van der Waals surface area contributed by atoms with Crippen molar-refractivity contribution in [2.45, 2.75) is 6.36 Å². The molecule has 0 aliphatic heterocycles. The minimum atomic E-state index is -4.78. The fraction of sp³-hybridized carbons (Fsp3) is 0.0476. The van der Waals surface area contributed by atoms with Crippen molar-refractivity contribution in [1.82, 2.24) is 9.55 Å². The van der Waals surface area contributed by atoms with Gasteiger partial charge in [0.05, 0.1) is 11.2 Å². The van der Waals surface area contributed by atoms with Crippen molar-refractivity contribution in [3.8, 4) is 11.6 Å². The SMILES string of the molecule is O=C(Nc1ccc(OC(F)(F)F)cc1)Nc1cccnc1-n1ccc2c(Cl)cccc21. The molecule has 0 saturated heterocycles. The second-order valence-electron chi connectivity index (χ2n) is 6.38. The maximum absolute atomic E-state index is 12.4. The summed E-state index contributed by atoms with van der Waals surface area (Å²) in [4.78, 5) is 16.8. The maximum Gasteiger partial charge on any atom is 0.573 e. The number of hydrogen-bond donors (Lipinski definition) is 2. The average Bonchev–Trinajstić information content (AvgIpc) is 3.14. The second-order valence-corrected chi connectivity index (χ2v) is 6.79.